The van der Waals surface area contributed by atoms with Crippen LogP contribution in [0.1, 0.15) is 24.8 Å². The van der Waals surface area contributed by atoms with Crippen molar-refractivity contribution in [1.29, 1.82) is 0 Å². The van der Waals surface area contributed by atoms with Crippen LogP contribution in [0.5, 0.6) is 0 Å². The zero-order valence-electron chi connectivity index (χ0n) is 10.2. The minimum Gasteiger partial charge on any atom is -0.282 e. The molecule has 0 atom stereocenters. The third-order valence-electron chi connectivity index (χ3n) is 3.02. The molecule has 1 aliphatic rings. The summed E-state index contributed by atoms with van der Waals surface area (Å²) in [6.07, 6.45) is 1.93. The summed E-state index contributed by atoms with van der Waals surface area (Å²) in [6, 6.07) is 1.18. The Morgan fingerprint density at radius 3 is 2.68 bits per heavy atom. The van der Waals surface area contributed by atoms with Crippen LogP contribution in [0.3, 0.4) is 0 Å². The summed E-state index contributed by atoms with van der Waals surface area (Å²) in [5.41, 5.74) is -0.405. The topological polar surface area (TPSA) is 65.1 Å². The SMILES string of the molecule is Cc1cc([N+](=O)[O-])c(=O)n(C2=CCC(F)(F)CC2)c1. The number of alkyl halides is 2. The number of hydrogen-bond donors (Lipinski definition) is 0. The van der Waals surface area contributed by atoms with Gasteiger partial charge < -0.3 is 0 Å². The molecule has 0 fully saturated rings. The Morgan fingerprint density at radius 2 is 2.16 bits per heavy atom. The first-order valence-corrected chi connectivity index (χ1v) is 5.75. The van der Waals surface area contributed by atoms with Crippen LogP contribution in [0.25, 0.3) is 5.70 Å². The Balaban J connectivity index is 2.50. The molecule has 0 aromatic carbocycles. The first-order chi connectivity index (χ1) is 8.80. The van der Waals surface area contributed by atoms with Gasteiger partial charge in [-0.05, 0) is 18.9 Å². The fourth-order valence-electron chi connectivity index (χ4n) is 2.05. The number of allylic oxidation sites excluding steroid dienone is 2. The molecule has 0 saturated heterocycles. The molecular weight excluding hydrogens is 258 g/mol. The van der Waals surface area contributed by atoms with Crippen LogP contribution in [-0.4, -0.2) is 15.4 Å². The second-order valence-electron chi connectivity index (χ2n) is 4.59. The van der Waals surface area contributed by atoms with Crippen molar-refractivity contribution in [1.82, 2.24) is 4.57 Å². The Kier molecular flexibility index (Phi) is 3.21. The van der Waals surface area contributed by atoms with E-state index in [1.54, 1.807) is 6.92 Å². The average molecular weight is 270 g/mol. The summed E-state index contributed by atoms with van der Waals surface area (Å²) >= 11 is 0. The van der Waals surface area contributed by atoms with Crippen LogP contribution < -0.4 is 5.56 Å². The number of nitro groups is 1. The largest absolute Gasteiger partial charge is 0.334 e. The number of pyridine rings is 1. The van der Waals surface area contributed by atoms with Crippen molar-refractivity contribution < 1.29 is 13.7 Å². The molecule has 0 radical (unpaired) electrons. The van der Waals surface area contributed by atoms with Gasteiger partial charge in [0.05, 0.1) is 4.92 Å². The summed E-state index contributed by atoms with van der Waals surface area (Å²) in [5, 5.41) is 10.8. The van der Waals surface area contributed by atoms with Crippen molar-refractivity contribution in [2.75, 3.05) is 0 Å². The predicted molar refractivity (Wildman–Crippen MR) is 65.2 cm³/mol. The quantitative estimate of drug-likeness (QED) is 0.613. The van der Waals surface area contributed by atoms with E-state index < -0.39 is 28.5 Å². The zero-order chi connectivity index (χ0) is 14.2. The second-order valence-corrected chi connectivity index (χ2v) is 4.59. The van der Waals surface area contributed by atoms with Crippen molar-refractivity contribution in [2.24, 2.45) is 0 Å². The maximum Gasteiger partial charge on any atom is 0.334 e. The van der Waals surface area contributed by atoms with E-state index >= 15 is 0 Å². The van der Waals surface area contributed by atoms with E-state index in [9.17, 15) is 23.7 Å². The van der Waals surface area contributed by atoms with Crippen LogP contribution in [0, 0.1) is 17.0 Å². The molecule has 0 bridgehead atoms. The summed E-state index contributed by atoms with van der Waals surface area (Å²) in [5.74, 6) is -2.76. The van der Waals surface area contributed by atoms with Gasteiger partial charge in [-0.1, -0.05) is 6.08 Å². The normalized spacial score (nSPS) is 17.9. The standard InChI is InChI=1S/C12H12F2N2O3/c1-8-6-10(16(18)19)11(17)15(7-8)9-2-4-12(13,14)5-3-9/h2,6-7H,3-5H2,1H3. The Labute approximate surface area is 107 Å². The highest BCUT2D eigenvalue weighted by atomic mass is 19.3. The van der Waals surface area contributed by atoms with Gasteiger partial charge in [-0.3, -0.25) is 19.5 Å². The Hall–Kier alpha value is -2.05. The molecule has 2 rings (SSSR count). The summed E-state index contributed by atoms with van der Waals surface area (Å²) in [7, 11) is 0. The van der Waals surface area contributed by atoms with Crippen LogP contribution >= 0.6 is 0 Å². The molecule has 1 aromatic heterocycles. The van der Waals surface area contributed by atoms with Gasteiger partial charge in [-0.25, -0.2) is 8.78 Å². The molecule has 19 heavy (non-hydrogen) atoms. The van der Waals surface area contributed by atoms with E-state index in [1.807, 2.05) is 0 Å². The monoisotopic (exact) mass is 270 g/mol. The lowest BCUT2D eigenvalue weighted by atomic mass is 10.0. The van der Waals surface area contributed by atoms with Crippen LogP contribution in [0.4, 0.5) is 14.5 Å². The number of halogens is 2. The van der Waals surface area contributed by atoms with Gasteiger partial charge in [0.25, 0.3) is 5.92 Å². The maximum atomic E-state index is 13.0. The molecule has 1 heterocycles. The molecule has 7 heteroatoms. The molecule has 0 spiro atoms. The molecule has 0 unspecified atom stereocenters. The molecule has 0 amide bonds. The van der Waals surface area contributed by atoms with Gasteiger partial charge in [-0.2, -0.15) is 0 Å². The zero-order valence-corrected chi connectivity index (χ0v) is 10.2. The lowest BCUT2D eigenvalue weighted by molar-refractivity contribution is -0.386. The predicted octanol–water partition coefficient (Wildman–Crippen LogP) is 2.73. The van der Waals surface area contributed by atoms with Crippen molar-refractivity contribution in [3.05, 3.63) is 44.4 Å². The van der Waals surface area contributed by atoms with Crippen LogP contribution in [-0.2, 0) is 0 Å². The first kappa shape index (κ1) is 13.4. The highest BCUT2D eigenvalue weighted by Crippen LogP contribution is 2.33. The molecule has 0 N–H and O–H groups in total. The van der Waals surface area contributed by atoms with Gasteiger partial charge in [0, 0.05) is 30.8 Å². The third kappa shape index (κ3) is 2.69. The van der Waals surface area contributed by atoms with Crippen molar-refractivity contribution in [3.8, 4) is 0 Å². The van der Waals surface area contributed by atoms with Crippen LogP contribution in [0.15, 0.2) is 23.1 Å². The molecule has 1 aliphatic carbocycles. The van der Waals surface area contributed by atoms with Gasteiger partial charge >= 0.3 is 11.2 Å². The maximum absolute atomic E-state index is 13.0. The van der Waals surface area contributed by atoms with E-state index in [0.29, 0.717) is 11.3 Å². The fourth-order valence-corrected chi connectivity index (χ4v) is 2.05. The minimum atomic E-state index is -2.76. The van der Waals surface area contributed by atoms with Gasteiger partial charge in [-0.15, -0.1) is 0 Å². The Morgan fingerprint density at radius 1 is 1.47 bits per heavy atom. The number of nitrogens with zero attached hydrogens (tertiary/aromatic N) is 2. The molecule has 1 aromatic rings. The van der Waals surface area contributed by atoms with E-state index in [2.05, 4.69) is 0 Å². The fraction of sp³-hybridized carbons (Fsp3) is 0.417. The van der Waals surface area contributed by atoms with Gasteiger partial charge in [0.1, 0.15) is 0 Å². The average Bonchev–Trinajstić information content (AvgIpc) is 2.32. The number of hydrogen-bond acceptors (Lipinski definition) is 3. The number of aromatic nitrogens is 1. The van der Waals surface area contributed by atoms with E-state index in [1.165, 1.54) is 18.3 Å². The molecule has 0 aliphatic heterocycles. The molecular formula is C12H12F2N2O3. The van der Waals surface area contributed by atoms with E-state index in [4.69, 9.17) is 0 Å². The van der Waals surface area contributed by atoms with Gasteiger partial charge in [0.15, 0.2) is 0 Å². The third-order valence-corrected chi connectivity index (χ3v) is 3.02. The minimum absolute atomic E-state index is 0.0213. The summed E-state index contributed by atoms with van der Waals surface area (Å²) in [4.78, 5) is 21.9. The lowest BCUT2D eigenvalue weighted by Gasteiger charge is -2.22. The van der Waals surface area contributed by atoms with Gasteiger partial charge in [0.2, 0.25) is 0 Å². The number of aryl methyl sites for hydroxylation is 1. The summed E-state index contributed by atoms with van der Waals surface area (Å²) in [6.45, 7) is 1.61. The molecule has 5 nitrogen and oxygen atoms in total. The van der Waals surface area contributed by atoms with E-state index in [0.717, 1.165) is 4.57 Å². The highest BCUT2D eigenvalue weighted by Gasteiger charge is 2.32. The van der Waals surface area contributed by atoms with E-state index in [-0.39, 0.29) is 12.8 Å². The molecule has 0 saturated carbocycles. The molecule has 102 valence electrons. The van der Waals surface area contributed by atoms with Crippen molar-refractivity contribution in [3.63, 3.8) is 0 Å². The summed E-state index contributed by atoms with van der Waals surface area (Å²) < 4.78 is 27.2. The highest BCUT2D eigenvalue weighted by molar-refractivity contribution is 5.49. The van der Waals surface area contributed by atoms with Crippen molar-refractivity contribution >= 4 is 11.4 Å². The second kappa shape index (κ2) is 4.56. The lowest BCUT2D eigenvalue weighted by Crippen LogP contribution is -2.26. The first-order valence-electron chi connectivity index (χ1n) is 5.75. The smallest absolute Gasteiger partial charge is 0.282 e. The number of rotatable bonds is 2. The Bertz CT molecular complexity index is 620. The van der Waals surface area contributed by atoms with Crippen molar-refractivity contribution in [2.45, 2.75) is 32.1 Å². The van der Waals surface area contributed by atoms with Crippen LogP contribution in [0.2, 0.25) is 0 Å².